The number of hydrogen-bond donors (Lipinski definition) is 0. The van der Waals surface area contributed by atoms with Crippen LogP contribution in [0.2, 0.25) is 0 Å². The average molecular weight is 658 g/mol. The second-order valence-electron chi connectivity index (χ2n) is 8.45. The van der Waals surface area contributed by atoms with Crippen molar-refractivity contribution in [3.05, 3.63) is 151 Å². The maximum absolute atomic E-state index is 2.37. The second kappa shape index (κ2) is 8.51. The van der Waals surface area contributed by atoms with Crippen molar-refractivity contribution in [1.29, 1.82) is 0 Å². The van der Waals surface area contributed by atoms with Gasteiger partial charge >= 0.3 is 0 Å². The highest BCUT2D eigenvalue weighted by molar-refractivity contribution is 14.2. The molecule has 0 atom stereocenters. The highest BCUT2D eigenvalue weighted by Crippen LogP contribution is 2.41. The lowest BCUT2D eigenvalue weighted by atomic mass is 9.92. The fourth-order valence-corrected chi connectivity index (χ4v) is 11.2. The molecule has 5 aromatic rings. The second-order valence-corrected chi connectivity index (χ2v) is 14.0. The summed E-state index contributed by atoms with van der Waals surface area (Å²) in [6, 6.07) is 45.3. The predicted octanol–water partition coefficient (Wildman–Crippen LogP) is 8.47. The molecule has 7 rings (SSSR count). The Kier molecular flexibility index (Phi) is 5.17. The lowest BCUT2D eigenvalue weighted by Gasteiger charge is -2.22. The number of benzene rings is 5. The van der Waals surface area contributed by atoms with Crippen LogP contribution in [0.5, 0.6) is 0 Å². The van der Waals surface area contributed by atoms with Gasteiger partial charge in [0.25, 0.3) is 0 Å². The third-order valence-corrected chi connectivity index (χ3v) is 13.0. The Hall–Kier alpha value is -2.70. The molecule has 0 saturated heterocycles. The van der Waals surface area contributed by atoms with Crippen LogP contribution in [-0.2, 0) is 0 Å². The number of halogens is 2. The minimum absolute atomic E-state index is 0.225. The highest BCUT2D eigenvalue weighted by atomic mass is 127. The Balaban J connectivity index is 1.35. The van der Waals surface area contributed by atoms with Crippen molar-refractivity contribution in [2.24, 2.45) is 0 Å². The molecule has 0 radical (unpaired) electrons. The quantitative estimate of drug-likeness (QED) is 0.164. The van der Waals surface area contributed by atoms with E-state index in [2.05, 4.69) is 121 Å². The molecule has 2 heterocycles. The molecular weight excluding hydrogens is 638 g/mol. The van der Waals surface area contributed by atoms with E-state index in [-0.39, 0.29) is 41.5 Å². The summed E-state index contributed by atoms with van der Waals surface area (Å²) in [5.41, 5.74) is 11.2. The van der Waals surface area contributed by atoms with Crippen LogP contribution in [-0.4, -0.2) is 7.02 Å². The van der Waals surface area contributed by atoms with Crippen molar-refractivity contribution in [2.45, 2.75) is 0 Å². The zero-order chi connectivity index (χ0) is 22.5. The molecule has 0 N–H and O–H groups in total. The molecule has 5 aromatic carbocycles. The standard InChI is InChI=1S/C32H20I2/c1-3-13-27-23(9-1)25-11-5-7-15-29(25)33-31(27)21-17-19-22(20-18-21)32-28-14-4-2-10-24(28)26-12-6-8-16-30(26)34-32/h1-20H. The van der Waals surface area contributed by atoms with Gasteiger partial charge in [-0.05, 0) is 56.6 Å². The van der Waals surface area contributed by atoms with E-state index in [0.717, 1.165) is 0 Å². The predicted molar refractivity (Wildman–Crippen MR) is 162 cm³/mol. The van der Waals surface area contributed by atoms with E-state index in [4.69, 9.17) is 0 Å². The molecule has 0 aliphatic carbocycles. The topological polar surface area (TPSA) is 0 Å². The Labute approximate surface area is 219 Å². The number of rotatable bonds is 2. The lowest BCUT2D eigenvalue weighted by molar-refractivity contribution is 1.54. The monoisotopic (exact) mass is 658 g/mol. The lowest BCUT2D eigenvalue weighted by Crippen LogP contribution is -2.09. The van der Waals surface area contributed by atoms with Gasteiger partial charge in [0.1, 0.15) is 0 Å². The third kappa shape index (κ3) is 3.38. The van der Waals surface area contributed by atoms with Crippen molar-refractivity contribution in [1.82, 2.24) is 0 Å². The Bertz CT molecular complexity index is 1510. The van der Waals surface area contributed by atoms with E-state index in [1.165, 1.54) is 58.7 Å². The molecule has 0 aromatic heterocycles. The molecule has 0 bridgehead atoms. The zero-order valence-electron chi connectivity index (χ0n) is 18.3. The summed E-state index contributed by atoms with van der Waals surface area (Å²) in [5, 5.41) is 0. The Morgan fingerprint density at radius 3 is 1.03 bits per heavy atom. The largest absolute Gasteiger partial charge is 0.0756 e. The van der Waals surface area contributed by atoms with E-state index in [9.17, 15) is 0 Å². The minimum atomic E-state index is -0.225. The van der Waals surface area contributed by atoms with E-state index >= 15 is 0 Å². The summed E-state index contributed by atoms with van der Waals surface area (Å²) in [7, 11) is 0. The molecular formula is C32H20I2. The van der Waals surface area contributed by atoms with E-state index < -0.39 is 0 Å². The summed E-state index contributed by atoms with van der Waals surface area (Å²) in [5.74, 6) is 0. The first-order chi connectivity index (χ1) is 16.9. The molecule has 34 heavy (non-hydrogen) atoms. The van der Waals surface area contributed by atoms with Gasteiger partial charge in [-0.25, -0.2) is 0 Å². The van der Waals surface area contributed by atoms with Crippen LogP contribution in [0.4, 0.5) is 0 Å². The summed E-state index contributed by atoms with van der Waals surface area (Å²) >= 11 is -0.450. The normalized spacial score (nSPS) is 13.5. The third-order valence-electron chi connectivity index (χ3n) is 6.44. The first kappa shape index (κ1) is 20.7. The maximum atomic E-state index is 2.37. The van der Waals surface area contributed by atoms with Gasteiger partial charge in [0.15, 0.2) is 0 Å². The number of fused-ring (bicyclic) bond motifs is 6. The maximum Gasteiger partial charge on any atom is 0.0234 e. The zero-order valence-corrected chi connectivity index (χ0v) is 22.6. The van der Waals surface area contributed by atoms with E-state index in [0.29, 0.717) is 0 Å². The van der Waals surface area contributed by atoms with Crippen LogP contribution in [0.3, 0.4) is 0 Å². The van der Waals surface area contributed by atoms with E-state index in [1.807, 2.05) is 0 Å². The van der Waals surface area contributed by atoms with Gasteiger partial charge < -0.3 is 0 Å². The van der Waals surface area contributed by atoms with Gasteiger partial charge in [-0.15, -0.1) is 0 Å². The molecule has 0 nitrogen and oxygen atoms in total. The smallest absolute Gasteiger partial charge is 0.0234 e. The van der Waals surface area contributed by atoms with Crippen molar-refractivity contribution >= 4 is 48.5 Å². The van der Waals surface area contributed by atoms with Gasteiger partial charge in [-0.2, -0.15) is 0 Å². The molecule has 2 heteroatoms. The summed E-state index contributed by atoms with van der Waals surface area (Å²) in [6.45, 7) is 0. The molecule has 0 amide bonds. The average Bonchev–Trinajstić information content (AvgIpc) is 2.92. The van der Waals surface area contributed by atoms with Crippen LogP contribution in [0.1, 0.15) is 22.3 Å². The van der Waals surface area contributed by atoms with Gasteiger partial charge in [0, 0.05) is 14.2 Å². The van der Waals surface area contributed by atoms with Gasteiger partial charge in [-0.3, -0.25) is 0 Å². The fourth-order valence-electron chi connectivity index (χ4n) is 4.83. The molecule has 0 unspecified atom stereocenters. The van der Waals surface area contributed by atoms with Gasteiger partial charge in [0.05, 0.1) is 0 Å². The van der Waals surface area contributed by atoms with Crippen molar-refractivity contribution in [2.75, 3.05) is 0 Å². The minimum Gasteiger partial charge on any atom is -0.0756 e. The van der Waals surface area contributed by atoms with Gasteiger partial charge in [0.2, 0.25) is 0 Å². The Morgan fingerprint density at radius 1 is 0.294 bits per heavy atom. The molecule has 2 aliphatic heterocycles. The summed E-state index contributed by atoms with van der Waals surface area (Å²) < 4.78 is 6.12. The first-order valence-corrected chi connectivity index (χ1v) is 15.7. The highest BCUT2D eigenvalue weighted by Gasteiger charge is 2.21. The van der Waals surface area contributed by atoms with Crippen molar-refractivity contribution in [3.63, 3.8) is 0 Å². The molecule has 0 spiro atoms. The Morgan fingerprint density at radius 2 is 0.618 bits per heavy atom. The summed E-state index contributed by atoms with van der Waals surface area (Å²) in [4.78, 5) is 0. The van der Waals surface area contributed by atoms with E-state index in [1.54, 1.807) is 0 Å². The van der Waals surface area contributed by atoms with Crippen LogP contribution in [0.25, 0.3) is 22.3 Å². The molecule has 2 aliphatic rings. The fraction of sp³-hybridized carbons (Fsp3) is 0. The number of hydrogen-bond acceptors (Lipinski definition) is 0. The SMILES string of the molecule is c1ccc2c(c1)I=C(c1ccc(C3=Ic4ccccc4-c4ccccc43)cc1)c1ccccc1-2. The van der Waals surface area contributed by atoms with Crippen LogP contribution in [0, 0.1) is 7.14 Å². The van der Waals surface area contributed by atoms with Crippen molar-refractivity contribution < 1.29 is 0 Å². The molecule has 0 saturated carbocycles. The van der Waals surface area contributed by atoms with Crippen LogP contribution < -0.4 is 0 Å². The van der Waals surface area contributed by atoms with Crippen LogP contribution in [0.15, 0.2) is 121 Å². The van der Waals surface area contributed by atoms with Crippen LogP contribution >= 0.6 is 41.5 Å². The van der Waals surface area contributed by atoms with Crippen molar-refractivity contribution in [3.8, 4) is 22.3 Å². The summed E-state index contributed by atoms with van der Waals surface area (Å²) in [6.07, 6.45) is 0. The first-order valence-electron chi connectivity index (χ1n) is 11.4. The molecule has 162 valence electrons. The molecule has 0 fully saturated rings. The van der Waals surface area contributed by atoms with Gasteiger partial charge in [-0.1, -0.05) is 151 Å².